The lowest BCUT2D eigenvalue weighted by molar-refractivity contribution is 0.0954. The standard InChI is InChI=1S/C16H25NO/c1-12-6-7-14(9-13(12)2)10-15(17-3)11-16-5-4-8-18-16/h6-7,9,15-17H,4-5,8,10-11H2,1-3H3. The van der Waals surface area contributed by atoms with Crippen molar-refractivity contribution in [3.8, 4) is 0 Å². The number of aryl methyl sites for hydroxylation is 2. The van der Waals surface area contributed by atoms with Gasteiger partial charge in [-0.1, -0.05) is 18.2 Å². The summed E-state index contributed by atoms with van der Waals surface area (Å²) in [6.45, 7) is 5.30. The van der Waals surface area contributed by atoms with Gasteiger partial charge >= 0.3 is 0 Å². The van der Waals surface area contributed by atoms with E-state index in [-0.39, 0.29) is 0 Å². The third-order valence-corrected chi connectivity index (χ3v) is 4.03. The molecule has 0 amide bonds. The van der Waals surface area contributed by atoms with Gasteiger partial charge in [-0.25, -0.2) is 0 Å². The summed E-state index contributed by atoms with van der Waals surface area (Å²) in [6.07, 6.45) is 5.14. The number of benzene rings is 1. The maximum absolute atomic E-state index is 5.73. The van der Waals surface area contributed by atoms with Gasteiger partial charge in [0.15, 0.2) is 0 Å². The van der Waals surface area contributed by atoms with Crippen molar-refractivity contribution in [1.82, 2.24) is 5.32 Å². The van der Waals surface area contributed by atoms with E-state index >= 15 is 0 Å². The zero-order chi connectivity index (χ0) is 13.0. The van der Waals surface area contributed by atoms with Gasteiger partial charge in [-0.3, -0.25) is 0 Å². The first-order chi connectivity index (χ1) is 8.69. The summed E-state index contributed by atoms with van der Waals surface area (Å²) < 4.78 is 5.73. The molecule has 2 rings (SSSR count). The van der Waals surface area contributed by atoms with Crippen molar-refractivity contribution in [3.05, 3.63) is 34.9 Å². The Morgan fingerprint density at radius 3 is 2.78 bits per heavy atom. The fourth-order valence-corrected chi connectivity index (χ4v) is 2.67. The van der Waals surface area contributed by atoms with Gasteiger partial charge in [0.25, 0.3) is 0 Å². The normalized spacial score (nSPS) is 21.2. The largest absolute Gasteiger partial charge is 0.378 e. The van der Waals surface area contributed by atoms with E-state index in [1.165, 1.54) is 29.5 Å². The maximum Gasteiger partial charge on any atom is 0.0590 e. The van der Waals surface area contributed by atoms with Crippen LogP contribution >= 0.6 is 0 Å². The van der Waals surface area contributed by atoms with Crippen LogP contribution in [-0.4, -0.2) is 25.8 Å². The Bertz CT molecular complexity index is 383. The number of ether oxygens (including phenoxy) is 1. The molecule has 2 nitrogen and oxygen atoms in total. The Balaban J connectivity index is 1.94. The molecule has 1 aliphatic rings. The second-order valence-electron chi connectivity index (χ2n) is 5.48. The van der Waals surface area contributed by atoms with Crippen LogP contribution in [0.5, 0.6) is 0 Å². The first-order valence-corrected chi connectivity index (χ1v) is 7.04. The van der Waals surface area contributed by atoms with Gasteiger partial charge in [0.1, 0.15) is 0 Å². The predicted octanol–water partition coefficient (Wildman–Crippen LogP) is 3.00. The van der Waals surface area contributed by atoms with Crippen LogP contribution in [0.25, 0.3) is 0 Å². The topological polar surface area (TPSA) is 21.3 Å². The molecule has 0 aliphatic carbocycles. The molecule has 0 spiro atoms. The summed E-state index contributed by atoms with van der Waals surface area (Å²) in [5, 5.41) is 3.43. The van der Waals surface area contributed by atoms with Crippen LogP contribution in [0.4, 0.5) is 0 Å². The van der Waals surface area contributed by atoms with Crippen molar-refractivity contribution < 1.29 is 4.74 Å². The minimum atomic E-state index is 0.467. The Labute approximate surface area is 111 Å². The Morgan fingerprint density at radius 1 is 1.33 bits per heavy atom. The Morgan fingerprint density at radius 2 is 2.17 bits per heavy atom. The van der Waals surface area contributed by atoms with Gasteiger partial charge in [0, 0.05) is 12.6 Å². The first-order valence-electron chi connectivity index (χ1n) is 7.04. The van der Waals surface area contributed by atoms with E-state index in [1.807, 2.05) is 0 Å². The summed E-state index contributed by atoms with van der Waals surface area (Å²) in [6, 6.07) is 7.32. The molecule has 0 radical (unpaired) electrons. The van der Waals surface area contributed by atoms with Gasteiger partial charge < -0.3 is 10.1 Å². The van der Waals surface area contributed by atoms with Crippen LogP contribution in [0.15, 0.2) is 18.2 Å². The van der Waals surface area contributed by atoms with Crippen LogP contribution < -0.4 is 5.32 Å². The van der Waals surface area contributed by atoms with Crippen LogP contribution in [-0.2, 0) is 11.2 Å². The minimum absolute atomic E-state index is 0.467. The van der Waals surface area contributed by atoms with Crippen molar-refractivity contribution in [2.45, 2.75) is 51.7 Å². The molecule has 1 aromatic rings. The Hall–Kier alpha value is -0.860. The average Bonchev–Trinajstić information content (AvgIpc) is 2.86. The zero-order valence-corrected chi connectivity index (χ0v) is 11.8. The molecule has 2 atom stereocenters. The number of nitrogens with one attached hydrogen (secondary N) is 1. The highest BCUT2D eigenvalue weighted by Crippen LogP contribution is 2.19. The average molecular weight is 247 g/mol. The molecule has 2 unspecified atom stereocenters. The van der Waals surface area contributed by atoms with Crippen molar-refractivity contribution >= 4 is 0 Å². The molecule has 0 saturated carbocycles. The monoisotopic (exact) mass is 247 g/mol. The van der Waals surface area contributed by atoms with Crippen molar-refractivity contribution in [2.24, 2.45) is 0 Å². The molecule has 1 heterocycles. The molecular formula is C16H25NO. The Kier molecular flexibility index (Phi) is 4.79. The van der Waals surface area contributed by atoms with E-state index in [2.05, 4.69) is 44.4 Å². The molecule has 18 heavy (non-hydrogen) atoms. The summed E-state index contributed by atoms with van der Waals surface area (Å²) in [5.41, 5.74) is 4.19. The lowest BCUT2D eigenvalue weighted by atomic mass is 9.97. The van der Waals surface area contributed by atoms with Crippen molar-refractivity contribution in [2.75, 3.05) is 13.7 Å². The van der Waals surface area contributed by atoms with Gasteiger partial charge in [0.05, 0.1) is 6.10 Å². The summed E-state index contributed by atoms with van der Waals surface area (Å²) in [7, 11) is 2.06. The number of hydrogen-bond acceptors (Lipinski definition) is 2. The van der Waals surface area contributed by atoms with Gasteiger partial charge in [0.2, 0.25) is 0 Å². The third-order valence-electron chi connectivity index (χ3n) is 4.03. The summed E-state index contributed by atoms with van der Waals surface area (Å²) in [5.74, 6) is 0. The van der Waals surface area contributed by atoms with Crippen molar-refractivity contribution in [3.63, 3.8) is 0 Å². The van der Waals surface area contributed by atoms with E-state index in [1.54, 1.807) is 0 Å². The van der Waals surface area contributed by atoms with Crippen LogP contribution in [0, 0.1) is 13.8 Å². The van der Waals surface area contributed by atoms with Crippen molar-refractivity contribution in [1.29, 1.82) is 0 Å². The van der Waals surface area contributed by atoms with Gasteiger partial charge in [-0.15, -0.1) is 0 Å². The zero-order valence-electron chi connectivity index (χ0n) is 11.8. The highest BCUT2D eigenvalue weighted by Gasteiger charge is 2.20. The van der Waals surface area contributed by atoms with Crippen LogP contribution in [0.3, 0.4) is 0 Å². The van der Waals surface area contributed by atoms with E-state index in [0.29, 0.717) is 12.1 Å². The van der Waals surface area contributed by atoms with Crippen LogP contribution in [0.1, 0.15) is 36.0 Å². The van der Waals surface area contributed by atoms with Gasteiger partial charge in [-0.2, -0.15) is 0 Å². The fourth-order valence-electron chi connectivity index (χ4n) is 2.67. The maximum atomic E-state index is 5.73. The molecule has 1 saturated heterocycles. The van der Waals surface area contributed by atoms with E-state index in [4.69, 9.17) is 4.74 Å². The second-order valence-corrected chi connectivity index (χ2v) is 5.48. The quantitative estimate of drug-likeness (QED) is 0.863. The minimum Gasteiger partial charge on any atom is -0.378 e. The molecule has 2 heteroatoms. The highest BCUT2D eigenvalue weighted by atomic mass is 16.5. The van der Waals surface area contributed by atoms with E-state index < -0.39 is 0 Å². The molecular weight excluding hydrogens is 222 g/mol. The lowest BCUT2D eigenvalue weighted by Crippen LogP contribution is -2.31. The van der Waals surface area contributed by atoms with Crippen LogP contribution in [0.2, 0.25) is 0 Å². The van der Waals surface area contributed by atoms with Gasteiger partial charge in [-0.05, 0) is 63.3 Å². The van der Waals surface area contributed by atoms with E-state index in [0.717, 1.165) is 19.4 Å². The number of hydrogen-bond donors (Lipinski definition) is 1. The van der Waals surface area contributed by atoms with E-state index in [9.17, 15) is 0 Å². The molecule has 100 valence electrons. The molecule has 1 N–H and O–H groups in total. The third kappa shape index (κ3) is 3.56. The smallest absolute Gasteiger partial charge is 0.0590 e. The second kappa shape index (κ2) is 6.35. The number of rotatable bonds is 5. The molecule has 0 aromatic heterocycles. The summed E-state index contributed by atoms with van der Waals surface area (Å²) >= 11 is 0. The highest BCUT2D eigenvalue weighted by molar-refractivity contribution is 5.30. The molecule has 1 aromatic carbocycles. The number of likely N-dealkylation sites (N-methyl/N-ethyl adjacent to an activating group) is 1. The molecule has 1 aliphatic heterocycles. The lowest BCUT2D eigenvalue weighted by Gasteiger charge is -2.20. The molecule has 1 fully saturated rings. The first kappa shape index (κ1) is 13.6. The molecule has 0 bridgehead atoms. The predicted molar refractivity (Wildman–Crippen MR) is 76.1 cm³/mol. The summed E-state index contributed by atoms with van der Waals surface area (Å²) in [4.78, 5) is 0. The SMILES string of the molecule is CNC(Cc1ccc(C)c(C)c1)CC1CCCO1. The fraction of sp³-hybridized carbons (Fsp3) is 0.625.